The Morgan fingerprint density at radius 2 is 1.08 bits per heavy atom. The lowest BCUT2D eigenvalue weighted by molar-refractivity contribution is -0.187. The van der Waals surface area contributed by atoms with Gasteiger partial charge in [-0.3, -0.25) is 4.79 Å². The molecule has 0 rings (SSSR count). The monoisotopic (exact) mass is 691 g/mol. The number of ketones is 1. The Morgan fingerprint density at radius 1 is 0.583 bits per heavy atom. The van der Waals surface area contributed by atoms with Crippen LogP contribution in [0.4, 0.5) is 0 Å². The van der Waals surface area contributed by atoms with Gasteiger partial charge < -0.3 is 42.6 Å². The number of carbonyl (C=O) groups excluding carboxylic acids is 1. The highest BCUT2D eigenvalue weighted by molar-refractivity contribution is 5.95. The van der Waals surface area contributed by atoms with Crippen LogP contribution in [-0.2, 0) is 47.4 Å². The molecule has 0 heterocycles. The molecule has 1 unspecified atom stereocenters. The summed E-state index contributed by atoms with van der Waals surface area (Å²) >= 11 is 0. The summed E-state index contributed by atoms with van der Waals surface area (Å²) in [6.45, 7) is 34.2. The second-order valence-electron chi connectivity index (χ2n) is 15.9. The third-order valence-electron chi connectivity index (χ3n) is 9.85. The minimum Gasteiger partial charge on any atom is -0.382 e. The molecule has 0 aliphatic heterocycles. The molecule has 0 radical (unpaired) electrons. The Balaban J connectivity index is 5.50. The van der Waals surface area contributed by atoms with Crippen LogP contribution >= 0.6 is 0 Å². The van der Waals surface area contributed by atoms with E-state index in [9.17, 15) is 4.79 Å². The zero-order valence-electron chi connectivity index (χ0n) is 33.3. The molecule has 0 saturated heterocycles. The van der Waals surface area contributed by atoms with Crippen molar-refractivity contribution in [1.29, 1.82) is 0 Å². The van der Waals surface area contributed by atoms with Crippen LogP contribution in [0.3, 0.4) is 0 Å². The van der Waals surface area contributed by atoms with Crippen molar-refractivity contribution in [2.75, 3.05) is 86.9 Å². The van der Waals surface area contributed by atoms with Crippen molar-refractivity contribution < 1.29 is 47.4 Å². The fourth-order valence-corrected chi connectivity index (χ4v) is 4.72. The van der Waals surface area contributed by atoms with Crippen LogP contribution in [-0.4, -0.2) is 121 Å². The maximum absolute atomic E-state index is 12.2. The molecule has 0 spiro atoms. The van der Waals surface area contributed by atoms with Gasteiger partial charge in [0.15, 0.2) is 5.78 Å². The lowest BCUT2D eigenvalue weighted by Gasteiger charge is -2.47. The van der Waals surface area contributed by atoms with E-state index >= 15 is 0 Å². The minimum atomic E-state index is -0.917. The fraction of sp³-hybridized carbons (Fsp3) is 0.921. The smallest absolute Gasteiger partial charge is 0.186 e. The van der Waals surface area contributed by atoms with E-state index in [0.29, 0.717) is 85.5 Å². The van der Waals surface area contributed by atoms with E-state index in [1.165, 1.54) is 6.08 Å². The summed E-state index contributed by atoms with van der Waals surface area (Å²) in [5.74, 6) is -0.134. The number of ether oxygens (including phenoxy) is 9. The van der Waals surface area contributed by atoms with E-state index in [0.717, 1.165) is 6.42 Å². The van der Waals surface area contributed by atoms with Gasteiger partial charge in [-0.05, 0) is 91.6 Å². The molecular formula is C38H74O10. The second kappa shape index (κ2) is 22.1. The summed E-state index contributed by atoms with van der Waals surface area (Å²) in [5.41, 5.74) is -2.81. The minimum absolute atomic E-state index is 0.134. The number of hydrogen-bond acceptors (Lipinski definition) is 10. The Labute approximate surface area is 294 Å². The summed E-state index contributed by atoms with van der Waals surface area (Å²) in [7, 11) is 3.32. The largest absolute Gasteiger partial charge is 0.382 e. The Kier molecular flexibility index (Phi) is 21.6. The Hall–Kier alpha value is -0.950. The molecule has 0 N–H and O–H groups in total. The molecule has 0 fully saturated rings. The molecular weight excluding hydrogens is 616 g/mol. The van der Waals surface area contributed by atoms with Crippen LogP contribution in [0, 0.1) is 10.8 Å². The fourth-order valence-electron chi connectivity index (χ4n) is 4.72. The highest BCUT2D eigenvalue weighted by atomic mass is 16.6. The van der Waals surface area contributed by atoms with Gasteiger partial charge in [0, 0.05) is 20.8 Å². The summed E-state index contributed by atoms with van der Waals surface area (Å²) in [4.78, 5) is 12.2. The van der Waals surface area contributed by atoms with Crippen LogP contribution in [0.5, 0.6) is 0 Å². The molecule has 0 bridgehead atoms. The first-order valence-corrected chi connectivity index (χ1v) is 17.6. The van der Waals surface area contributed by atoms with Crippen LogP contribution in [0.25, 0.3) is 0 Å². The van der Waals surface area contributed by atoms with Crippen LogP contribution < -0.4 is 0 Å². The van der Waals surface area contributed by atoms with Crippen LogP contribution in [0.2, 0.25) is 0 Å². The molecule has 0 aromatic heterocycles. The lowest BCUT2D eigenvalue weighted by atomic mass is 9.72. The first kappa shape index (κ1) is 47.0. The number of hydrogen-bond donors (Lipinski definition) is 0. The van der Waals surface area contributed by atoms with Crippen molar-refractivity contribution in [2.24, 2.45) is 10.8 Å². The van der Waals surface area contributed by atoms with Gasteiger partial charge in [0.2, 0.25) is 0 Å². The normalized spacial score (nSPS) is 14.4. The van der Waals surface area contributed by atoms with Gasteiger partial charge in [0.25, 0.3) is 0 Å². The molecule has 0 amide bonds. The van der Waals surface area contributed by atoms with Gasteiger partial charge in [-0.2, -0.15) is 0 Å². The zero-order chi connectivity index (χ0) is 37.1. The van der Waals surface area contributed by atoms with E-state index in [-0.39, 0.29) is 28.3 Å². The standard InChI is InChI=1S/C38H74O10/c1-16-32(39)36(8,9)46-19-17-33(2,3)38(12,13)48-31(30-44-26-25-42-23-21-40-14)29-34(4,5)37(10,11)47-20-18-35(6,7)45-28-27-43-24-22-41-15/h16,31H,1,17-30H2,2-15H3. The predicted octanol–water partition coefficient (Wildman–Crippen LogP) is 6.86. The van der Waals surface area contributed by atoms with Crippen molar-refractivity contribution in [1.82, 2.24) is 0 Å². The van der Waals surface area contributed by atoms with Crippen LogP contribution in [0.1, 0.15) is 102 Å². The number of methoxy groups -OCH3 is 2. The summed E-state index contributed by atoms with van der Waals surface area (Å²) in [6.07, 6.45) is 3.25. The average molecular weight is 691 g/mol. The Bertz CT molecular complexity index is 879. The molecule has 1 atom stereocenters. The summed E-state index contributed by atoms with van der Waals surface area (Å²) < 4.78 is 52.9. The van der Waals surface area contributed by atoms with E-state index in [4.69, 9.17) is 42.6 Å². The molecule has 0 aliphatic rings. The summed E-state index contributed by atoms with van der Waals surface area (Å²) in [6, 6.07) is 0. The molecule has 0 saturated carbocycles. The van der Waals surface area contributed by atoms with Gasteiger partial charge in [-0.1, -0.05) is 34.3 Å². The second-order valence-corrected chi connectivity index (χ2v) is 15.9. The molecule has 286 valence electrons. The molecule has 0 aromatic rings. The first-order valence-electron chi connectivity index (χ1n) is 17.6. The maximum Gasteiger partial charge on any atom is 0.186 e. The third kappa shape index (κ3) is 18.3. The van der Waals surface area contributed by atoms with Crippen molar-refractivity contribution in [3.05, 3.63) is 12.7 Å². The molecule has 0 aliphatic carbocycles. The van der Waals surface area contributed by atoms with E-state index in [1.807, 2.05) is 0 Å². The average Bonchev–Trinajstić information content (AvgIpc) is 2.96. The molecule has 10 heteroatoms. The van der Waals surface area contributed by atoms with Crippen molar-refractivity contribution in [3.8, 4) is 0 Å². The zero-order valence-corrected chi connectivity index (χ0v) is 33.3. The predicted molar refractivity (Wildman–Crippen MR) is 192 cm³/mol. The molecule has 10 nitrogen and oxygen atoms in total. The van der Waals surface area contributed by atoms with Gasteiger partial charge in [0.05, 0.1) is 89.0 Å². The highest BCUT2D eigenvalue weighted by Gasteiger charge is 2.44. The van der Waals surface area contributed by atoms with E-state index < -0.39 is 16.8 Å². The van der Waals surface area contributed by atoms with Gasteiger partial charge in [0.1, 0.15) is 5.60 Å². The van der Waals surface area contributed by atoms with Gasteiger partial charge >= 0.3 is 0 Å². The summed E-state index contributed by atoms with van der Waals surface area (Å²) in [5, 5.41) is 0. The SMILES string of the molecule is C=CC(=O)C(C)(C)OCCC(C)(C)C(C)(C)OC(COCCOCCOC)CC(C)(C)C(C)(C)OCCC(C)(C)OCCOCCOC. The Morgan fingerprint density at radius 3 is 1.62 bits per heavy atom. The number of rotatable bonds is 31. The van der Waals surface area contributed by atoms with Crippen LogP contribution in [0.15, 0.2) is 12.7 Å². The number of carbonyl (C=O) groups is 1. The maximum atomic E-state index is 12.2. The van der Waals surface area contributed by atoms with E-state index in [1.54, 1.807) is 28.1 Å². The van der Waals surface area contributed by atoms with Crippen molar-refractivity contribution >= 4 is 5.78 Å². The lowest BCUT2D eigenvalue weighted by Crippen LogP contribution is -2.50. The molecule has 48 heavy (non-hydrogen) atoms. The third-order valence-corrected chi connectivity index (χ3v) is 9.85. The molecule has 0 aromatic carbocycles. The quantitative estimate of drug-likeness (QED) is 0.0567. The van der Waals surface area contributed by atoms with E-state index in [2.05, 4.69) is 75.8 Å². The van der Waals surface area contributed by atoms with Gasteiger partial charge in [-0.25, -0.2) is 0 Å². The highest BCUT2D eigenvalue weighted by Crippen LogP contribution is 2.43. The van der Waals surface area contributed by atoms with Crippen molar-refractivity contribution in [2.45, 2.75) is 131 Å². The topological polar surface area (TPSA) is 100 Å². The van der Waals surface area contributed by atoms with Crippen molar-refractivity contribution in [3.63, 3.8) is 0 Å². The van der Waals surface area contributed by atoms with Gasteiger partial charge in [-0.15, -0.1) is 0 Å². The first-order chi connectivity index (χ1) is 22.1.